The Bertz CT molecular complexity index is 1030. The van der Waals surface area contributed by atoms with Crippen LogP contribution in [0.1, 0.15) is 16.8 Å². The highest BCUT2D eigenvalue weighted by Crippen LogP contribution is 2.33. The molecule has 0 aliphatic carbocycles. The molecule has 27 heavy (non-hydrogen) atoms. The molecule has 0 heterocycles. The fourth-order valence-corrected chi connectivity index (χ4v) is 4.67. The van der Waals surface area contributed by atoms with E-state index in [1.807, 2.05) is 0 Å². The van der Waals surface area contributed by atoms with Gasteiger partial charge in [-0.3, -0.25) is 14.3 Å². The molecule has 0 bridgehead atoms. The van der Waals surface area contributed by atoms with Crippen molar-refractivity contribution >= 4 is 68.0 Å². The molecule has 2 aromatic rings. The number of ketones is 2. The minimum Gasteiger partial charge on any atom is -0.475 e. The van der Waals surface area contributed by atoms with E-state index in [2.05, 4.69) is 4.72 Å². The summed E-state index contributed by atoms with van der Waals surface area (Å²) >= 11 is 17.6. The minimum atomic E-state index is -4.22. The number of hydrogen-bond donors (Lipinski definition) is 2. The van der Waals surface area contributed by atoms with E-state index in [0.29, 0.717) is 0 Å². The van der Waals surface area contributed by atoms with E-state index in [0.717, 1.165) is 6.07 Å². The van der Waals surface area contributed by atoms with Crippen LogP contribution in [0.5, 0.6) is 0 Å². The number of nitrogens with one attached hydrogen (secondary N) is 1. The molecular weight excluding hydrogens is 441 g/mol. The zero-order chi connectivity index (χ0) is 20.4. The molecular formula is C16H10Cl3NO6S. The Kier molecular flexibility index (Phi) is 6.48. The van der Waals surface area contributed by atoms with Gasteiger partial charge in [-0.25, -0.2) is 13.2 Å². The van der Waals surface area contributed by atoms with Crippen LogP contribution in [0.3, 0.4) is 0 Å². The summed E-state index contributed by atoms with van der Waals surface area (Å²) in [5, 5.41) is 8.32. The Morgan fingerprint density at radius 3 is 2.15 bits per heavy atom. The molecule has 2 rings (SSSR count). The first kappa shape index (κ1) is 21.2. The molecule has 0 saturated carbocycles. The van der Waals surface area contributed by atoms with E-state index in [1.54, 1.807) is 0 Å². The van der Waals surface area contributed by atoms with Gasteiger partial charge in [0, 0.05) is 16.3 Å². The maximum Gasteiger partial charge on any atom is 0.372 e. The number of carboxylic acids is 1. The summed E-state index contributed by atoms with van der Waals surface area (Å²) in [6, 6.07) is 7.61. The first-order valence-electron chi connectivity index (χ1n) is 7.08. The van der Waals surface area contributed by atoms with Crippen LogP contribution in [0.15, 0.2) is 41.3 Å². The van der Waals surface area contributed by atoms with Crippen LogP contribution >= 0.6 is 34.8 Å². The number of hydrogen-bond acceptors (Lipinski definition) is 5. The number of carbonyl (C=O) groups is 3. The molecule has 0 aliphatic heterocycles. The first-order chi connectivity index (χ1) is 12.5. The Morgan fingerprint density at radius 1 is 1.00 bits per heavy atom. The Morgan fingerprint density at radius 2 is 1.59 bits per heavy atom. The maximum atomic E-state index is 12.6. The molecule has 142 valence electrons. The first-order valence-corrected chi connectivity index (χ1v) is 9.69. The lowest BCUT2D eigenvalue weighted by Crippen LogP contribution is -2.17. The van der Waals surface area contributed by atoms with Gasteiger partial charge in [0.15, 0.2) is 5.78 Å². The molecule has 0 fully saturated rings. The zero-order valence-corrected chi connectivity index (χ0v) is 16.3. The summed E-state index contributed by atoms with van der Waals surface area (Å²) in [6.07, 6.45) is -0.847. The highest BCUT2D eigenvalue weighted by atomic mass is 35.5. The second-order valence-corrected chi connectivity index (χ2v) is 8.08. The number of sulfonamides is 1. The Labute approximate surface area is 168 Å². The molecule has 2 N–H and O–H groups in total. The molecule has 0 spiro atoms. The van der Waals surface area contributed by atoms with Gasteiger partial charge in [-0.1, -0.05) is 46.9 Å². The van der Waals surface area contributed by atoms with Gasteiger partial charge in [-0.2, -0.15) is 0 Å². The summed E-state index contributed by atoms with van der Waals surface area (Å²) in [7, 11) is -4.22. The average Bonchev–Trinajstić information content (AvgIpc) is 2.52. The van der Waals surface area contributed by atoms with E-state index in [1.165, 1.54) is 30.3 Å². The van der Waals surface area contributed by atoms with Gasteiger partial charge >= 0.3 is 5.97 Å². The molecule has 0 aliphatic rings. The lowest BCUT2D eigenvalue weighted by molar-refractivity contribution is -0.148. The molecule has 11 heteroatoms. The number of Topliss-reactive ketones (excluding diaryl/α,β-unsaturated/α-hetero) is 2. The van der Waals surface area contributed by atoms with Crippen molar-refractivity contribution in [2.24, 2.45) is 0 Å². The van der Waals surface area contributed by atoms with E-state index >= 15 is 0 Å². The van der Waals surface area contributed by atoms with Gasteiger partial charge in [0.2, 0.25) is 5.78 Å². The molecule has 0 aromatic heterocycles. The van der Waals surface area contributed by atoms with E-state index < -0.39 is 38.9 Å². The normalized spacial score (nSPS) is 11.1. The topological polar surface area (TPSA) is 118 Å². The third kappa shape index (κ3) is 5.20. The van der Waals surface area contributed by atoms with Crippen LogP contribution < -0.4 is 4.72 Å². The van der Waals surface area contributed by atoms with Crippen molar-refractivity contribution in [1.82, 2.24) is 0 Å². The van der Waals surface area contributed by atoms with Crippen molar-refractivity contribution in [2.45, 2.75) is 11.3 Å². The highest BCUT2D eigenvalue weighted by Gasteiger charge is 2.23. The quantitative estimate of drug-likeness (QED) is 0.377. The smallest absolute Gasteiger partial charge is 0.372 e. The van der Waals surface area contributed by atoms with Gasteiger partial charge in [-0.05, 0) is 24.3 Å². The Balaban J connectivity index is 2.32. The van der Waals surface area contributed by atoms with Crippen LogP contribution in [0.25, 0.3) is 0 Å². The molecule has 0 amide bonds. The van der Waals surface area contributed by atoms with E-state index in [4.69, 9.17) is 39.9 Å². The van der Waals surface area contributed by atoms with E-state index in [-0.39, 0.29) is 26.3 Å². The van der Waals surface area contributed by atoms with Crippen LogP contribution in [-0.4, -0.2) is 31.1 Å². The summed E-state index contributed by atoms with van der Waals surface area (Å²) in [6.45, 7) is 0. The number of anilines is 1. The van der Waals surface area contributed by atoms with Crippen molar-refractivity contribution in [2.75, 3.05) is 4.72 Å². The fraction of sp³-hybridized carbons (Fsp3) is 0.0625. The number of benzene rings is 2. The van der Waals surface area contributed by atoms with Crippen molar-refractivity contribution in [3.8, 4) is 0 Å². The predicted molar refractivity (Wildman–Crippen MR) is 100 cm³/mol. The van der Waals surface area contributed by atoms with Gasteiger partial charge in [0.25, 0.3) is 10.0 Å². The van der Waals surface area contributed by atoms with Gasteiger partial charge < -0.3 is 5.11 Å². The fourth-order valence-electron chi connectivity index (χ4n) is 2.07. The third-order valence-corrected chi connectivity index (χ3v) is 5.75. The summed E-state index contributed by atoms with van der Waals surface area (Å²) < 4.78 is 27.3. The van der Waals surface area contributed by atoms with Crippen LogP contribution in [0.2, 0.25) is 15.1 Å². The summed E-state index contributed by atoms with van der Waals surface area (Å²) in [5.74, 6) is -3.77. The summed E-state index contributed by atoms with van der Waals surface area (Å²) in [5.41, 5.74) is -0.0520. The number of aliphatic carboxylic acids is 1. The predicted octanol–water partition coefficient (Wildman–Crippen LogP) is 3.67. The number of rotatable bonds is 7. The third-order valence-electron chi connectivity index (χ3n) is 3.23. The lowest BCUT2D eigenvalue weighted by atomic mass is 10.1. The standard InChI is InChI=1S/C16H10Cl3NO6S/c17-9-5-11(18)15(12(19)6-9)27(25,26)20-10-3-1-2-8(4-10)13(21)7-14(22)16(23)24/h1-6,20H,7H2,(H,23,24). The molecule has 0 atom stereocenters. The van der Waals surface area contributed by atoms with Gasteiger partial charge in [0.05, 0.1) is 16.5 Å². The zero-order valence-electron chi connectivity index (χ0n) is 13.2. The lowest BCUT2D eigenvalue weighted by Gasteiger charge is -2.12. The molecule has 2 aromatic carbocycles. The summed E-state index contributed by atoms with van der Waals surface area (Å²) in [4.78, 5) is 33.3. The molecule has 0 unspecified atom stereocenters. The van der Waals surface area contributed by atoms with Crippen LogP contribution in [-0.2, 0) is 19.6 Å². The minimum absolute atomic E-state index is 0.00860. The largest absolute Gasteiger partial charge is 0.475 e. The second kappa shape index (κ2) is 8.26. The average molecular weight is 451 g/mol. The maximum absolute atomic E-state index is 12.6. The second-order valence-electron chi connectivity index (χ2n) is 5.21. The van der Waals surface area contributed by atoms with Crippen molar-refractivity contribution in [3.05, 3.63) is 57.0 Å². The van der Waals surface area contributed by atoms with E-state index in [9.17, 15) is 22.8 Å². The van der Waals surface area contributed by atoms with Gasteiger partial charge in [-0.15, -0.1) is 0 Å². The van der Waals surface area contributed by atoms with Crippen molar-refractivity contribution in [1.29, 1.82) is 0 Å². The molecule has 0 saturated heterocycles. The van der Waals surface area contributed by atoms with Crippen molar-refractivity contribution < 1.29 is 27.9 Å². The Hall–Kier alpha value is -2.13. The monoisotopic (exact) mass is 449 g/mol. The van der Waals surface area contributed by atoms with Crippen LogP contribution in [0, 0.1) is 0 Å². The number of carboxylic acid groups (broad SMARTS) is 1. The molecule has 7 nitrogen and oxygen atoms in total. The number of halogens is 3. The SMILES string of the molecule is O=C(O)C(=O)CC(=O)c1cccc(NS(=O)(=O)c2c(Cl)cc(Cl)cc2Cl)c1. The number of carbonyl (C=O) groups excluding carboxylic acids is 2. The van der Waals surface area contributed by atoms with Crippen LogP contribution in [0.4, 0.5) is 5.69 Å². The van der Waals surface area contributed by atoms with Gasteiger partial charge in [0.1, 0.15) is 4.90 Å². The molecule has 0 radical (unpaired) electrons. The van der Waals surface area contributed by atoms with Crippen molar-refractivity contribution in [3.63, 3.8) is 0 Å². The highest BCUT2D eigenvalue weighted by molar-refractivity contribution is 7.93.